The van der Waals surface area contributed by atoms with E-state index in [1.165, 1.54) is 35.6 Å². The van der Waals surface area contributed by atoms with Crippen LogP contribution in [0.5, 0.6) is 0 Å². The summed E-state index contributed by atoms with van der Waals surface area (Å²) in [6, 6.07) is 6.84. The molecule has 0 saturated carbocycles. The van der Waals surface area contributed by atoms with Crippen molar-refractivity contribution in [3.63, 3.8) is 0 Å². The molecule has 0 aliphatic carbocycles. The van der Waals surface area contributed by atoms with Crippen LogP contribution in [-0.2, 0) is 16.0 Å². The molecular formula is C15H11F3N2O2S2. The fraction of sp³-hybridized carbons (Fsp3) is 0.133. The summed E-state index contributed by atoms with van der Waals surface area (Å²) in [5, 5.41) is 3.43. The van der Waals surface area contributed by atoms with Crippen molar-refractivity contribution < 1.29 is 21.6 Å². The van der Waals surface area contributed by atoms with Gasteiger partial charge in [-0.25, -0.2) is 13.4 Å². The van der Waals surface area contributed by atoms with Gasteiger partial charge in [-0.2, -0.15) is 24.5 Å². The maximum atomic E-state index is 13.3. The zero-order valence-corrected chi connectivity index (χ0v) is 13.9. The number of H-pyrrole nitrogens is 1. The number of benzene rings is 1. The van der Waals surface area contributed by atoms with Gasteiger partial charge in [0.25, 0.3) is 0 Å². The Balaban J connectivity index is 2.13. The highest BCUT2D eigenvalue weighted by molar-refractivity contribution is 7.90. The average molecular weight is 372 g/mol. The maximum Gasteiger partial charge on any atom is 0.433 e. The maximum absolute atomic E-state index is 13.3. The van der Waals surface area contributed by atoms with Gasteiger partial charge in [-0.05, 0) is 23.6 Å². The number of halogens is 3. The molecule has 3 aromatic rings. The third-order valence-electron chi connectivity index (χ3n) is 3.34. The summed E-state index contributed by atoms with van der Waals surface area (Å²) >= 11 is 1.35. The molecule has 0 saturated heterocycles. The third kappa shape index (κ3) is 3.22. The van der Waals surface area contributed by atoms with Gasteiger partial charge in [0.2, 0.25) is 0 Å². The largest absolute Gasteiger partial charge is 0.433 e. The van der Waals surface area contributed by atoms with Gasteiger partial charge in [0.15, 0.2) is 9.84 Å². The molecule has 1 aromatic carbocycles. The Labute approximate surface area is 139 Å². The van der Waals surface area contributed by atoms with Crippen LogP contribution in [0.25, 0.3) is 22.6 Å². The predicted molar refractivity (Wildman–Crippen MR) is 85.4 cm³/mol. The highest BCUT2D eigenvalue weighted by atomic mass is 32.2. The minimum absolute atomic E-state index is 0.0356. The molecule has 0 spiro atoms. The molecule has 0 aliphatic rings. The van der Waals surface area contributed by atoms with E-state index in [0.29, 0.717) is 5.56 Å². The Hall–Kier alpha value is -2.13. The van der Waals surface area contributed by atoms with Crippen molar-refractivity contribution >= 4 is 21.2 Å². The molecule has 0 atom stereocenters. The molecule has 9 heteroatoms. The van der Waals surface area contributed by atoms with Crippen LogP contribution in [0.1, 0.15) is 5.69 Å². The van der Waals surface area contributed by atoms with Crippen LogP contribution in [0.2, 0.25) is 0 Å². The number of rotatable bonds is 3. The number of hydrogen-bond donors (Lipinski definition) is 1. The number of sulfone groups is 1. The van der Waals surface area contributed by atoms with E-state index in [9.17, 15) is 21.6 Å². The normalized spacial score (nSPS) is 12.5. The van der Waals surface area contributed by atoms with Gasteiger partial charge >= 0.3 is 6.18 Å². The fourth-order valence-corrected chi connectivity index (χ4v) is 3.45. The molecule has 0 aliphatic heterocycles. The first-order valence-electron chi connectivity index (χ1n) is 6.66. The number of aromatic nitrogens is 2. The van der Waals surface area contributed by atoms with Crippen molar-refractivity contribution in [1.82, 2.24) is 9.97 Å². The quantitative estimate of drug-likeness (QED) is 0.748. The highest BCUT2D eigenvalue weighted by Gasteiger charge is 2.37. The molecule has 2 heterocycles. The fourth-order valence-electron chi connectivity index (χ4n) is 2.18. The topological polar surface area (TPSA) is 62.8 Å². The molecule has 24 heavy (non-hydrogen) atoms. The van der Waals surface area contributed by atoms with E-state index in [1.54, 1.807) is 16.8 Å². The van der Waals surface area contributed by atoms with Crippen molar-refractivity contribution in [3.05, 3.63) is 46.8 Å². The summed E-state index contributed by atoms with van der Waals surface area (Å²) in [6.45, 7) is 0. The van der Waals surface area contributed by atoms with E-state index < -0.39 is 21.7 Å². The smallest absolute Gasteiger partial charge is 0.334 e. The number of thiophene rings is 1. The second kappa shape index (κ2) is 5.75. The Morgan fingerprint density at radius 3 is 2.25 bits per heavy atom. The lowest BCUT2D eigenvalue weighted by molar-refractivity contribution is -0.140. The molecular weight excluding hydrogens is 361 g/mol. The van der Waals surface area contributed by atoms with Gasteiger partial charge < -0.3 is 4.98 Å². The van der Waals surface area contributed by atoms with Crippen molar-refractivity contribution in [2.45, 2.75) is 11.1 Å². The monoisotopic (exact) mass is 372 g/mol. The van der Waals surface area contributed by atoms with Crippen molar-refractivity contribution in [2.75, 3.05) is 6.26 Å². The van der Waals surface area contributed by atoms with Crippen LogP contribution in [0.3, 0.4) is 0 Å². The number of alkyl halides is 3. The summed E-state index contributed by atoms with van der Waals surface area (Å²) in [5.74, 6) is 0.116. The molecule has 0 radical (unpaired) electrons. The Bertz CT molecular complexity index is 957. The lowest BCUT2D eigenvalue weighted by Gasteiger charge is -2.07. The lowest BCUT2D eigenvalue weighted by atomic mass is 10.1. The minimum atomic E-state index is -4.61. The molecule has 0 unspecified atom stereocenters. The Morgan fingerprint density at radius 1 is 1.08 bits per heavy atom. The van der Waals surface area contributed by atoms with E-state index in [0.717, 1.165) is 6.26 Å². The van der Waals surface area contributed by atoms with Gasteiger partial charge in [-0.1, -0.05) is 12.1 Å². The first-order valence-corrected chi connectivity index (χ1v) is 9.50. The van der Waals surface area contributed by atoms with Gasteiger partial charge in [-0.15, -0.1) is 0 Å². The van der Waals surface area contributed by atoms with Crippen LogP contribution in [-0.4, -0.2) is 24.6 Å². The first kappa shape index (κ1) is 16.7. The van der Waals surface area contributed by atoms with Gasteiger partial charge in [0.05, 0.1) is 4.90 Å². The molecule has 0 amide bonds. The minimum Gasteiger partial charge on any atom is -0.334 e. The highest BCUT2D eigenvalue weighted by Crippen LogP contribution is 2.37. The van der Waals surface area contributed by atoms with Crippen LogP contribution >= 0.6 is 11.3 Å². The second-order valence-electron chi connectivity index (χ2n) is 5.12. The third-order valence-corrected chi connectivity index (χ3v) is 5.15. The zero-order valence-electron chi connectivity index (χ0n) is 12.3. The zero-order chi connectivity index (χ0) is 17.5. The summed E-state index contributed by atoms with van der Waals surface area (Å²) in [7, 11) is -3.42. The summed E-state index contributed by atoms with van der Waals surface area (Å²) in [6.07, 6.45) is -3.57. The van der Waals surface area contributed by atoms with E-state index in [2.05, 4.69) is 9.97 Å². The molecule has 0 bridgehead atoms. The number of aromatic amines is 1. The van der Waals surface area contributed by atoms with Crippen molar-refractivity contribution in [1.29, 1.82) is 0 Å². The molecule has 0 fully saturated rings. The Kier molecular flexibility index (Phi) is 4.00. The number of imidazole rings is 1. The predicted octanol–water partition coefficient (Wildman–Crippen LogP) is 4.23. The summed E-state index contributed by atoms with van der Waals surface area (Å²) in [5.41, 5.74) is -0.475. The number of nitrogens with one attached hydrogen (secondary N) is 1. The SMILES string of the molecule is CS(=O)(=O)c1ccc(-c2nc(-c3ccsc3)[nH]c2C(F)(F)F)cc1. The standard InChI is InChI=1S/C15H11F3N2O2S2/c1-24(21,22)11-4-2-9(3-5-11)12-13(15(16,17)18)20-14(19-12)10-6-7-23-8-10/h2-8H,1H3,(H,19,20). The van der Waals surface area contributed by atoms with Crippen LogP contribution in [0.4, 0.5) is 13.2 Å². The molecule has 1 N–H and O–H groups in total. The number of nitrogens with zero attached hydrogens (tertiary/aromatic N) is 1. The van der Waals surface area contributed by atoms with Gasteiger partial charge in [0, 0.05) is 22.8 Å². The van der Waals surface area contributed by atoms with E-state index in [1.807, 2.05) is 0 Å². The second-order valence-corrected chi connectivity index (χ2v) is 7.91. The van der Waals surface area contributed by atoms with Gasteiger partial charge in [0.1, 0.15) is 17.2 Å². The molecule has 126 valence electrons. The first-order chi connectivity index (χ1) is 11.2. The van der Waals surface area contributed by atoms with Crippen LogP contribution in [0, 0.1) is 0 Å². The summed E-state index contributed by atoms with van der Waals surface area (Å²) in [4.78, 5) is 6.42. The van der Waals surface area contributed by atoms with Crippen LogP contribution < -0.4 is 0 Å². The van der Waals surface area contributed by atoms with Gasteiger partial charge in [-0.3, -0.25) is 0 Å². The number of hydrogen-bond acceptors (Lipinski definition) is 4. The van der Waals surface area contributed by atoms with E-state index in [4.69, 9.17) is 0 Å². The molecule has 4 nitrogen and oxygen atoms in total. The van der Waals surface area contributed by atoms with E-state index in [-0.39, 0.29) is 22.0 Å². The van der Waals surface area contributed by atoms with Crippen LogP contribution in [0.15, 0.2) is 46.0 Å². The Morgan fingerprint density at radius 2 is 1.75 bits per heavy atom. The summed E-state index contributed by atoms with van der Waals surface area (Å²) < 4.78 is 62.8. The molecule has 3 rings (SSSR count). The van der Waals surface area contributed by atoms with Crippen molar-refractivity contribution in [2.24, 2.45) is 0 Å². The lowest BCUT2D eigenvalue weighted by Crippen LogP contribution is -2.07. The van der Waals surface area contributed by atoms with E-state index >= 15 is 0 Å². The molecule has 2 aromatic heterocycles. The van der Waals surface area contributed by atoms with Crippen molar-refractivity contribution in [3.8, 4) is 22.6 Å². The average Bonchev–Trinajstić information content (AvgIpc) is 3.15.